The summed E-state index contributed by atoms with van der Waals surface area (Å²) in [6.45, 7) is 9.24. The van der Waals surface area contributed by atoms with Gasteiger partial charge in [-0.25, -0.2) is 0 Å². The van der Waals surface area contributed by atoms with E-state index in [1.54, 1.807) is 0 Å². The minimum Gasteiger partial charge on any atom is -0.358 e. The van der Waals surface area contributed by atoms with Crippen LogP contribution in [0.2, 0.25) is 0 Å². The van der Waals surface area contributed by atoms with Gasteiger partial charge in [0.05, 0.1) is 0 Å². The van der Waals surface area contributed by atoms with Crippen LogP contribution in [0, 0.1) is 6.92 Å². The average Bonchev–Trinajstić information content (AvgIpc) is 2.93. The third-order valence-corrected chi connectivity index (χ3v) is 4.84. The third kappa shape index (κ3) is 2.60. The van der Waals surface area contributed by atoms with Crippen molar-refractivity contribution in [2.75, 3.05) is 6.54 Å². The Hall–Kier alpha value is -2.32. The van der Waals surface area contributed by atoms with E-state index < -0.39 is 0 Å². The maximum absolute atomic E-state index is 4.07. The van der Waals surface area contributed by atoms with E-state index in [4.69, 9.17) is 0 Å². The summed E-state index contributed by atoms with van der Waals surface area (Å²) >= 11 is 0. The lowest BCUT2D eigenvalue weighted by Gasteiger charge is -2.31. The molecule has 0 saturated heterocycles. The van der Waals surface area contributed by atoms with Gasteiger partial charge in [-0.15, -0.1) is 6.58 Å². The molecule has 0 amide bonds. The molecule has 2 nitrogen and oxygen atoms in total. The van der Waals surface area contributed by atoms with E-state index in [0.29, 0.717) is 5.92 Å². The van der Waals surface area contributed by atoms with Gasteiger partial charge in [-0.3, -0.25) is 4.90 Å². The molecule has 1 atom stereocenters. The van der Waals surface area contributed by atoms with E-state index in [1.807, 2.05) is 0 Å². The molecule has 1 aliphatic heterocycles. The molecule has 1 unspecified atom stereocenters. The summed E-state index contributed by atoms with van der Waals surface area (Å²) in [5, 5.41) is 1.37. The lowest BCUT2D eigenvalue weighted by atomic mass is 9.94. The van der Waals surface area contributed by atoms with Gasteiger partial charge in [0.1, 0.15) is 0 Å². The van der Waals surface area contributed by atoms with Gasteiger partial charge in [0, 0.05) is 42.1 Å². The Morgan fingerprint density at radius 1 is 1.22 bits per heavy atom. The molecule has 0 bridgehead atoms. The molecule has 116 valence electrons. The van der Waals surface area contributed by atoms with Crippen molar-refractivity contribution in [2.24, 2.45) is 0 Å². The number of aromatic nitrogens is 1. The molecular weight excluding hydrogens is 280 g/mol. The highest BCUT2D eigenvalue weighted by Crippen LogP contribution is 2.35. The van der Waals surface area contributed by atoms with Crippen LogP contribution in [0.4, 0.5) is 0 Å². The summed E-state index contributed by atoms with van der Waals surface area (Å²) in [5.41, 5.74) is 6.72. The maximum atomic E-state index is 4.07. The molecule has 1 aliphatic rings. The molecule has 2 aromatic carbocycles. The van der Waals surface area contributed by atoms with Crippen LogP contribution in [0.5, 0.6) is 0 Å². The van der Waals surface area contributed by atoms with Crippen molar-refractivity contribution in [2.45, 2.75) is 25.9 Å². The van der Waals surface area contributed by atoms with Gasteiger partial charge in [0.2, 0.25) is 0 Å². The first kappa shape index (κ1) is 14.3. The van der Waals surface area contributed by atoms with Crippen molar-refractivity contribution in [1.29, 1.82) is 0 Å². The third-order valence-electron chi connectivity index (χ3n) is 4.84. The summed E-state index contributed by atoms with van der Waals surface area (Å²) in [4.78, 5) is 6.16. The number of H-pyrrole nitrogens is 1. The highest BCUT2D eigenvalue weighted by Gasteiger charge is 2.26. The van der Waals surface area contributed by atoms with Gasteiger partial charge >= 0.3 is 0 Å². The standard InChI is InChI=1S/C21H22N2/c1-3-17-13-23(12-16-7-5-4-6-8-16)14-19-18-11-15(2)9-10-20(18)22-21(17)19/h3-11,17,22H,1,12-14H2,2H3. The Morgan fingerprint density at radius 3 is 2.83 bits per heavy atom. The minimum atomic E-state index is 0.371. The lowest BCUT2D eigenvalue weighted by Crippen LogP contribution is -2.32. The Labute approximate surface area is 137 Å². The predicted octanol–water partition coefficient (Wildman–Crippen LogP) is 4.76. The molecule has 0 fully saturated rings. The number of nitrogens with zero attached hydrogens (tertiary/aromatic N) is 1. The molecule has 2 heterocycles. The molecule has 1 aromatic heterocycles. The smallest absolute Gasteiger partial charge is 0.0459 e. The van der Waals surface area contributed by atoms with Gasteiger partial charge < -0.3 is 4.98 Å². The Kier molecular flexibility index (Phi) is 3.55. The summed E-state index contributed by atoms with van der Waals surface area (Å²) < 4.78 is 0. The highest BCUT2D eigenvalue weighted by molar-refractivity contribution is 5.86. The fourth-order valence-corrected chi connectivity index (χ4v) is 3.68. The van der Waals surface area contributed by atoms with Crippen molar-refractivity contribution in [1.82, 2.24) is 9.88 Å². The number of hydrogen-bond donors (Lipinski definition) is 1. The second kappa shape index (κ2) is 5.71. The number of hydrogen-bond acceptors (Lipinski definition) is 1. The zero-order chi connectivity index (χ0) is 15.8. The van der Waals surface area contributed by atoms with Gasteiger partial charge in [-0.05, 0) is 30.2 Å². The van der Waals surface area contributed by atoms with Crippen molar-refractivity contribution >= 4 is 10.9 Å². The molecule has 1 N–H and O–H groups in total. The highest BCUT2D eigenvalue weighted by atomic mass is 15.1. The van der Waals surface area contributed by atoms with Crippen molar-refractivity contribution < 1.29 is 0 Å². The second-order valence-corrected chi connectivity index (χ2v) is 6.56. The van der Waals surface area contributed by atoms with Crippen molar-refractivity contribution in [3.05, 3.63) is 83.6 Å². The van der Waals surface area contributed by atoms with Crippen LogP contribution in [0.25, 0.3) is 10.9 Å². The molecule has 0 saturated carbocycles. The fraction of sp³-hybridized carbons (Fsp3) is 0.238. The molecule has 3 aromatic rings. The first-order chi connectivity index (χ1) is 11.2. The van der Waals surface area contributed by atoms with Crippen LogP contribution < -0.4 is 0 Å². The normalized spacial score (nSPS) is 18.0. The zero-order valence-electron chi connectivity index (χ0n) is 13.5. The minimum absolute atomic E-state index is 0.371. The summed E-state index contributed by atoms with van der Waals surface area (Å²) in [6, 6.07) is 17.4. The number of aryl methyl sites for hydroxylation is 1. The Bertz CT molecular complexity index is 845. The van der Waals surface area contributed by atoms with E-state index in [-0.39, 0.29) is 0 Å². The van der Waals surface area contributed by atoms with E-state index in [1.165, 1.54) is 33.3 Å². The monoisotopic (exact) mass is 302 g/mol. The zero-order valence-corrected chi connectivity index (χ0v) is 13.5. The number of benzene rings is 2. The van der Waals surface area contributed by atoms with E-state index in [0.717, 1.165) is 19.6 Å². The van der Waals surface area contributed by atoms with Gasteiger partial charge in [0.25, 0.3) is 0 Å². The summed E-state index contributed by atoms with van der Waals surface area (Å²) in [5.74, 6) is 0.371. The molecule has 23 heavy (non-hydrogen) atoms. The molecular formula is C21H22N2. The lowest BCUT2D eigenvalue weighted by molar-refractivity contribution is 0.234. The van der Waals surface area contributed by atoms with Gasteiger partial charge in [-0.1, -0.05) is 48.0 Å². The average molecular weight is 302 g/mol. The SMILES string of the molecule is C=CC1CN(Cc2ccccc2)Cc2c1[nH]c1ccc(C)cc21. The van der Waals surface area contributed by atoms with E-state index in [2.05, 4.69) is 78.0 Å². The van der Waals surface area contributed by atoms with Crippen LogP contribution in [-0.4, -0.2) is 16.4 Å². The quantitative estimate of drug-likeness (QED) is 0.691. The predicted molar refractivity (Wildman–Crippen MR) is 96.5 cm³/mol. The first-order valence-corrected chi connectivity index (χ1v) is 8.24. The Balaban J connectivity index is 1.72. The molecule has 0 aliphatic carbocycles. The molecule has 2 heteroatoms. The largest absolute Gasteiger partial charge is 0.358 e. The summed E-state index contributed by atoms with van der Waals surface area (Å²) in [6.07, 6.45) is 2.08. The van der Waals surface area contributed by atoms with Gasteiger partial charge in [-0.2, -0.15) is 0 Å². The van der Waals surface area contributed by atoms with Crippen LogP contribution >= 0.6 is 0 Å². The number of rotatable bonds is 3. The molecule has 4 rings (SSSR count). The first-order valence-electron chi connectivity index (χ1n) is 8.24. The molecule has 0 spiro atoms. The molecule has 0 radical (unpaired) electrons. The van der Waals surface area contributed by atoms with E-state index >= 15 is 0 Å². The Morgan fingerprint density at radius 2 is 2.04 bits per heavy atom. The van der Waals surface area contributed by atoms with Crippen LogP contribution in [0.3, 0.4) is 0 Å². The van der Waals surface area contributed by atoms with Gasteiger partial charge in [0.15, 0.2) is 0 Å². The van der Waals surface area contributed by atoms with Crippen LogP contribution in [-0.2, 0) is 13.1 Å². The van der Waals surface area contributed by atoms with Crippen LogP contribution in [0.1, 0.15) is 28.3 Å². The van der Waals surface area contributed by atoms with E-state index in [9.17, 15) is 0 Å². The second-order valence-electron chi connectivity index (χ2n) is 6.56. The van der Waals surface area contributed by atoms with Crippen LogP contribution in [0.15, 0.2) is 61.2 Å². The van der Waals surface area contributed by atoms with Crippen molar-refractivity contribution in [3.63, 3.8) is 0 Å². The summed E-state index contributed by atoms with van der Waals surface area (Å²) in [7, 11) is 0. The van der Waals surface area contributed by atoms with Crippen molar-refractivity contribution in [3.8, 4) is 0 Å². The number of nitrogens with one attached hydrogen (secondary N) is 1. The fourth-order valence-electron chi connectivity index (χ4n) is 3.68. The maximum Gasteiger partial charge on any atom is 0.0459 e. The number of fused-ring (bicyclic) bond motifs is 3. The topological polar surface area (TPSA) is 19.0 Å². The number of aromatic amines is 1.